The maximum absolute atomic E-state index is 10.7. The summed E-state index contributed by atoms with van der Waals surface area (Å²) in [7, 11) is 0. The molecule has 1 aromatic heterocycles. The molecule has 0 aliphatic rings. The molecule has 0 aromatic carbocycles. The van der Waals surface area contributed by atoms with Gasteiger partial charge in [0.15, 0.2) is 0 Å². The van der Waals surface area contributed by atoms with Gasteiger partial charge in [-0.25, -0.2) is 0 Å². The maximum Gasteiger partial charge on any atom is 0.146 e. The number of hydrogen-bond acceptors (Lipinski definition) is 2. The standard InChI is InChI=1S/C10H11ClOS/c1-7(2)8(5-12)3-10-4-9(11)6-13-10/h3-7H,1-2H3. The Kier molecular flexibility index (Phi) is 3.70. The third-order valence-electron chi connectivity index (χ3n) is 1.70. The third-order valence-corrected chi connectivity index (χ3v) is 2.93. The molecule has 0 atom stereocenters. The molecule has 1 aromatic rings. The van der Waals surface area contributed by atoms with E-state index in [0.29, 0.717) is 0 Å². The van der Waals surface area contributed by atoms with E-state index in [2.05, 4.69) is 0 Å². The SMILES string of the molecule is CC(C)C(C=O)=Cc1cc(Cl)cs1. The summed E-state index contributed by atoms with van der Waals surface area (Å²) in [6.45, 7) is 3.99. The molecule has 1 nitrogen and oxygen atoms in total. The fraction of sp³-hybridized carbons (Fsp3) is 0.300. The molecule has 1 rings (SSSR count). The van der Waals surface area contributed by atoms with Gasteiger partial charge in [-0.05, 0) is 23.6 Å². The molecule has 0 saturated heterocycles. The van der Waals surface area contributed by atoms with E-state index in [1.54, 1.807) is 11.3 Å². The Balaban J connectivity index is 2.91. The zero-order valence-corrected chi connectivity index (χ0v) is 9.15. The van der Waals surface area contributed by atoms with E-state index in [1.165, 1.54) is 0 Å². The lowest BCUT2D eigenvalue weighted by molar-refractivity contribution is -0.105. The zero-order valence-electron chi connectivity index (χ0n) is 7.58. The smallest absolute Gasteiger partial charge is 0.146 e. The van der Waals surface area contributed by atoms with Crippen LogP contribution < -0.4 is 0 Å². The Morgan fingerprint density at radius 1 is 1.62 bits per heavy atom. The van der Waals surface area contributed by atoms with Gasteiger partial charge in [-0.15, -0.1) is 11.3 Å². The Morgan fingerprint density at radius 2 is 2.31 bits per heavy atom. The van der Waals surface area contributed by atoms with E-state index in [1.807, 2.05) is 31.4 Å². The molecule has 0 aliphatic carbocycles. The molecular weight excluding hydrogens is 204 g/mol. The summed E-state index contributed by atoms with van der Waals surface area (Å²) in [6, 6.07) is 1.86. The number of carbonyl (C=O) groups excluding carboxylic acids is 1. The lowest BCUT2D eigenvalue weighted by Gasteiger charge is -2.01. The lowest BCUT2D eigenvalue weighted by atomic mass is 10.0. The predicted octanol–water partition coefficient (Wildman–Crippen LogP) is 3.64. The molecule has 0 bridgehead atoms. The van der Waals surface area contributed by atoms with Crippen molar-refractivity contribution in [2.24, 2.45) is 5.92 Å². The molecule has 0 spiro atoms. The van der Waals surface area contributed by atoms with E-state index in [-0.39, 0.29) is 5.92 Å². The fourth-order valence-electron chi connectivity index (χ4n) is 0.905. The van der Waals surface area contributed by atoms with Gasteiger partial charge in [0.2, 0.25) is 0 Å². The van der Waals surface area contributed by atoms with E-state index in [4.69, 9.17) is 11.6 Å². The van der Waals surface area contributed by atoms with Crippen molar-refractivity contribution in [1.29, 1.82) is 0 Å². The molecule has 0 amide bonds. The predicted molar refractivity (Wildman–Crippen MR) is 58.2 cm³/mol. The van der Waals surface area contributed by atoms with Gasteiger partial charge >= 0.3 is 0 Å². The first-order chi connectivity index (χ1) is 6.13. The van der Waals surface area contributed by atoms with Crippen molar-refractivity contribution in [3.05, 3.63) is 26.9 Å². The van der Waals surface area contributed by atoms with Crippen LogP contribution in [0.1, 0.15) is 18.7 Å². The number of rotatable bonds is 3. The van der Waals surface area contributed by atoms with Crippen molar-refractivity contribution in [3.63, 3.8) is 0 Å². The topological polar surface area (TPSA) is 17.1 Å². The van der Waals surface area contributed by atoms with Crippen molar-refractivity contribution in [2.75, 3.05) is 0 Å². The minimum Gasteiger partial charge on any atom is -0.298 e. The van der Waals surface area contributed by atoms with Crippen LogP contribution in [0.15, 0.2) is 17.0 Å². The highest BCUT2D eigenvalue weighted by molar-refractivity contribution is 7.11. The number of thiophene rings is 1. The Hall–Kier alpha value is -0.600. The average Bonchev–Trinajstić information content (AvgIpc) is 2.46. The number of aldehydes is 1. The molecule has 0 saturated carbocycles. The van der Waals surface area contributed by atoms with Crippen LogP contribution in [-0.2, 0) is 4.79 Å². The fourth-order valence-corrected chi connectivity index (χ4v) is 1.94. The van der Waals surface area contributed by atoms with Crippen LogP contribution in [-0.4, -0.2) is 6.29 Å². The Morgan fingerprint density at radius 3 is 2.69 bits per heavy atom. The van der Waals surface area contributed by atoms with Crippen LogP contribution in [0.3, 0.4) is 0 Å². The van der Waals surface area contributed by atoms with Gasteiger partial charge in [-0.1, -0.05) is 25.4 Å². The van der Waals surface area contributed by atoms with Crippen molar-refractivity contribution in [1.82, 2.24) is 0 Å². The summed E-state index contributed by atoms with van der Waals surface area (Å²) in [5, 5.41) is 2.58. The molecule has 1 heterocycles. The summed E-state index contributed by atoms with van der Waals surface area (Å²) in [4.78, 5) is 11.7. The van der Waals surface area contributed by atoms with Crippen molar-refractivity contribution >= 4 is 35.3 Å². The second-order valence-electron chi connectivity index (χ2n) is 3.08. The quantitative estimate of drug-likeness (QED) is 0.555. The largest absolute Gasteiger partial charge is 0.298 e. The molecule has 0 fully saturated rings. The van der Waals surface area contributed by atoms with Gasteiger partial charge in [-0.3, -0.25) is 4.79 Å². The minimum atomic E-state index is 0.262. The van der Waals surface area contributed by atoms with Gasteiger partial charge in [0.25, 0.3) is 0 Å². The van der Waals surface area contributed by atoms with E-state index in [0.717, 1.165) is 21.8 Å². The van der Waals surface area contributed by atoms with Crippen molar-refractivity contribution < 1.29 is 4.79 Å². The lowest BCUT2D eigenvalue weighted by Crippen LogP contribution is -1.93. The van der Waals surface area contributed by atoms with Gasteiger partial charge in [0.05, 0.1) is 5.02 Å². The number of hydrogen-bond donors (Lipinski definition) is 0. The number of allylic oxidation sites excluding steroid dienone is 1. The highest BCUT2D eigenvalue weighted by Crippen LogP contribution is 2.22. The van der Waals surface area contributed by atoms with Crippen LogP contribution >= 0.6 is 22.9 Å². The van der Waals surface area contributed by atoms with Crippen LogP contribution in [0.4, 0.5) is 0 Å². The summed E-state index contributed by atoms with van der Waals surface area (Å²) in [6.07, 6.45) is 2.78. The van der Waals surface area contributed by atoms with Crippen LogP contribution in [0, 0.1) is 5.92 Å². The molecule has 3 heteroatoms. The Labute approximate surface area is 87.0 Å². The minimum absolute atomic E-state index is 0.262. The van der Waals surface area contributed by atoms with Crippen LogP contribution in [0.5, 0.6) is 0 Å². The second kappa shape index (κ2) is 4.58. The molecule has 0 aliphatic heterocycles. The number of carbonyl (C=O) groups is 1. The molecular formula is C10H11ClOS. The molecule has 0 N–H and O–H groups in total. The van der Waals surface area contributed by atoms with Gasteiger partial charge < -0.3 is 0 Å². The summed E-state index contributed by atoms with van der Waals surface area (Å²) < 4.78 is 0. The van der Waals surface area contributed by atoms with E-state index >= 15 is 0 Å². The van der Waals surface area contributed by atoms with Gasteiger partial charge in [0, 0.05) is 10.3 Å². The summed E-state index contributed by atoms with van der Waals surface area (Å²) in [5.41, 5.74) is 0.804. The molecule has 13 heavy (non-hydrogen) atoms. The van der Waals surface area contributed by atoms with Crippen molar-refractivity contribution in [3.8, 4) is 0 Å². The van der Waals surface area contributed by atoms with Gasteiger partial charge in [0.1, 0.15) is 6.29 Å². The third kappa shape index (κ3) is 2.98. The summed E-state index contributed by atoms with van der Waals surface area (Å²) in [5.74, 6) is 0.262. The van der Waals surface area contributed by atoms with Crippen LogP contribution in [0.2, 0.25) is 5.02 Å². The molecule has 0 radical (unpaired) electrons. The second-order valence-corrected chi connectivity index (χ2v) is 4.46. The monoisotopic (exact) mass is 214 g/mol. The first-order valence-electron chi connectivity index (χ1n) is 4.04. The van der Waals surface area contributed by atoms with Crippen molar-refractivity contribution in [2.45, 2.75) is 13.8 Å². The summed E-state index contributed by atoms with van der Waals surface area (Å²) >= 11 is 7.30. The zero-order chi connectivity index (χ0) is 9.84. The molecule has 70 valence electrons. The van der Waals surface area contributed by atoms with E-state index < -0.39 is 0 Å². The molecule has 0 unspecified atom stereocenters. The highest BCUT2D eigenvalue weighted by atomic mass is 35.5. The van der Waals surface area contributed by atoms with Crippen LogP contribution in [0.25, 0.3) is 6.08 Å². The van der Waals surface area contributed by atoms with E-state index in [9.17, 15) is 4.79 Å². The average molecular weight is 215 g/mol. The highest BCUT2D eigenvalue weighted by Gasteiger charge is 2.02. The normalized spacial score (nSPS) is 12.2. The number of halogens is 1. The first kappa shape index (κ1) is 10.5. The maximum atomic E-state index is 10.7. The Bertz CT molecular complexity index is 325. The van der Waals surface area contributed by atoms with Gasteiger partial charge in [-0.2, -0.15) is 0 Å². The first-order valence-corrected chi connectivity index (χ1v) is 5.30.